The van der Waals surface area contributed by atoms with Crippen LogP contribution in [0.3, 0.4) is 0 Å². The van der Waals surface area contributed by atoms with Gasteiger partial charge in [-0.3, -0.25) is 0 Å². The minimum Gasteiger partial charge on any atom is -0.480 e. The highest BCUT2D eigenvalue weighted by molar-refractivity contribution is 5.85. The minimum absolute atomic E-state index is 0.0197. The normalized spacial score (nSPS) is 13.4. The van der Waals surface area contributed by atoms with Crippen molar-refractivity contribution in [3.8, 4) is 0 Å². The van der Waals surface area contributed by atoms with E-state index in [4.69, 9.17) is 5.11 Å². The summed E-state index contributed by atoms with van der Waals surface area (Å²) >= 11 is 0. The lowest BCUT2D eigenvalue weighted by molar-refractivity contribution is -0.143. The second kappa shape index (κ2) is 6.31. The summed E-state index contributed by atoms with van der Waals surface area (Å²) in [6.45, 7) is 2.73. The second-order valence-electron chi connectivity index (χ2n) is 4.53. The molecular formula is C13H16F2N2O3. The van der Waals surface area contributed by atoms with Crippen LogP contribution in [0.1, 0.15) is 25.8 Å². The molecule has 1 atom stereocenters. The molecule has 0 aromatic heterocycles. The molecule has 1 aromatic rings. The number of amides is 2. The Labute approximate surface area is 115 Å². The number of carbonyl (C=O) groups is 2. The highest BCUT2D eigenvalue weighted by Gasteiger charge is 2.32. The Morgan fingerprint density at radius 3 is 2.55 bits per heavy atom. The Balaban J connectivity index is 2.64. The molecule has 0 fully saturated rings. The number of halogens is 2. The third kappa shape index (κ3) is 3.91. The molecule has 3 N–H and O–H groups in total. The first-order valence-electron chi connectivity index (χ1n) is 6.02. The highest BCUT2D eigenvalue weighted by Crippen LogP contribution is 2.10. The fourth-order valence-electron chi connectivity index (χ4n) is 1.44. The molecule has 2 amide bonds. The molecule has 0 saturated heterocycles. The molecule has 0 heterocycles. The van der Waals surface area contributed by atoms with Gasteiger partial charge in [-0.15, -0.1) is 0 Å². The number of benzene rings is 1. The fraction of sp³-hybridized carbons (Fsp3) is 0.385. The summed E-state index contributed by atoms with van der Waals surface area (Å²) in [6.07, 6.45) is 0.185. The first kappa shape index (κ1) is 15.9. The van der Waals surface area contributed by atoms with Gasteiger partial charge in [-0.25, -0.2) is 18.4 Å². The molecular weight excluding hydrogens is 270 g/mol. The van der Waals surface area contributed by atoms with E-state index in [1.807, 2.05) is 0 Å². The molecule has 110 valence electrons. The Hall–Kier alpha value is -2.18. The molecule has 20 heavy (non-hydrogen) atoms. The zero-order chi connectivity index (χ0) is 15.3. The summed E-state index contributed by atoms with van der Waals surface area (Å²) in [7, 11) is 0. The van der Waals surface area contributed by atoms with Crippen LogP contribution in [0.4, 0.5) is 13.6 Å². The zero-order valence-electron chi connectivity index (χ0n) is 11.2. The van der Waals surface area contributed by atoms with Crippen LogP contribution in [-0.4, -0.2) is 22.6 Å². The van der Waals surface area contributed by atoms with Gasteiger partial charge in [-0.2, -0.15) is 0 Å². The quantitative estimate of drug-likeness (QED) is 0.775. The van der Waals surface area contributed by atoms with Crippen LogP contribution < -0.4 is 10.6 Å². The van der Waals surface area contributed by atoms with Gasteiger partial charge in [0.15, 0.2) is 0 Å². The Bertz CT molecular complexity index is 522. The Morgan fingerprint density at radius 1 is 1.35 bits per heavy atom. The van der Waals surface area contributed by atoms with Crippen molar-refractivity contribution in [1.29, 1.82) is 0 Å². The highest BCUT2D eigenvalue weighted by atomic mass is 19.1. The molecule has 0 bridgehead atoms. The van der Waals surface area contributed by atoms with E-state index in [-0.39, 0.29) is 18.5 Å². The summed E-state index contributed by atoms with van der Waals surface area (Å²) in [6, 6.07) is 2.13. The van der Waals surface area contributed by atoms with Crippen molar-refractivity contribution in [2.75, 3.05) is 0 Å². The van der Waals surface area contributed by atoms with Gasteiger partial charge in [0.1, 0.15) is 17.2 Å². The van der Waals surface area contributed by atoms with Crippen molar-refractivity contribution in [2.24, 2.45) is 0 Å². The molecule has 5 nitrogen and oxygen atoms in total. The lowest BCUT2D eigenvalue weighted by atomic mass is 10.00. The number of carboxylic acid groups (broad SMARTS) is 1. The predicted octanol–water partition coefficient (Wildman–Crippen LogP) is 2.02. The molecule has 1 aromatic carbocycles. The minimum atomic E-state index is -1.41. The van der Waals surface area contributed by atoms with Crippen molar-refractivity contribution in [1.82, 2.24) is 10.6 Å². The maximum Gasteiger partial charge on any atom is 0.329 e. The number of carbonyl (C=O) groups excluding carboxylic acids is 1. The van der Waals surface area contributed by atoms with Gasteiger partial charge in [-0.1, -0.05) is 6.92 Å². The second-order valence-corrected chi connectivity index (χ2v) is 4.53. The molecule has 0 saturated carbocycles. The van der Waals surface area contributed by atoms with Crippen molar-refractivity contribution in [2.45, 2.75) is 32.4 Å². The standard InChI is InChI=1S/C13H16F2N2O3/c1-3-13(2,11(18)19)17-12(20)16-7-8-6-9(14)4-5-10(8)15/h4-6H,3,7H2,1-2H3,(H,18,19)(H2,16,17,20). The summed E-state index contributed by atoms with van der Waals surface area (Å²) in [5, 5.41) is 13.6. The largest absolute Gasteiger partial charge is 0.480 e. The van der Waals surface area contributed by atoms with Gasteiger partial charge >= 0.3 is 12.0 Å². The van der Waals surface area contributed by atoms with Crippen LogP contribution in [0.15, 0.2) is 18.2 Å². The molecule has 7 heteroatoms. The first-order valence-corrected chi connectivity index (χ1v) is 6.02. The van der Waals surface area contributed by atoms with Gasteiger partial charge in [-0.05, 0) is 31.5 Å². The lowest BCUT2D eigenvalue weighted by Crippen LogP contribution is -2.54. The van der Waals surface area contributed by atoms with Crippen LogP contribution >= 0.6 is 0 Å². The molecule has 0 aliphatic carbocycles. The van der Waals surface area contributed by atoms with E-state index in [9.17, 15) is 18.4 Å². The number of nitrogens with one attached hydrogen (secondary N) is 2. The number of rotatable bonds is 5. The van der Waals surface area contributed by atoms with Gasteiger partial charge in [0.2, 0.25) is 0 Å². The molecule has 0 aliphatic rings. The van der Waals surface area contributed by atoms with Crippen molar-refractivity contribution in [3.05, 3.63) is 35.4 Å². The monoisotopic (exact) mass is 286 g/mol. The third-order valence-electron chi connectivity index (χ3n) is 3.02. The van der Waals surface area contributed by atoms with E-state index < -0.39 is 29.2 Å². The molecule has 0 radical (unpaired) electrons. The molecule has 0 aliphatic heterocycles. The first-order chi connectivity index (χ1) is 9.28. The number of aliphatic carboxylic acids is 1. The molecule has 1 rings (SSSR count). The van der Waals surface area contributed by atoms with Gasteiger partial charge in [0.05, 0.1) is 0 Å². The fourth-order valence-corrected chi connectivity index (χ4v) is 1.44. The van der Waals surface area contributed by atoms with Gasteiger partial charge < -0.3 is 15.7 Å². The van der Waals surface area contributed by atoms with Crippen molar-refractivity contribution < 1.29 is 23.5 Å². The van der Waals surface area contributed by atoms with E-state index >= 15 is 0 Å². The van der Waals surface area contributed by atoms with Gasteiger partial charge in [0.25, 0.3) is 0 Å². The maximum absolute atomic E-state index is 13.3. The summed E-state index contributed by atoms with van der Waals surface area (Å²) in [4.78, 5) is 22.6. The SMILES string of the molecule is CCC(C)(NC(=O)NCc1cc(F)ccc1F)C(=O)O. The summed E-state index contributed by atoms with van der Waals surface area (Å²) in [5.41, 5.74) is -1.43. The number of carboxylic acids is 1. The van der Waals surface area contributed by atoms with E-state index in [2.05, 4.69) is 10.6 Å². The van der Waals surface area contributed by atoms with Crippen LogP contribution in [0.25, 0.3) is 0 Å². The third-order valence-corrected chi connectivity index (χ3v) is 3.02. The number of hydrogen-bond acceptors (Lipinski definition) is 2. The van der Waals surface area contributed by atoms with E-state index in [1.165, 1.54) is 6.92 Å². The van der Waals surface area contributed by atoms with E-state index in [0.29, 0.717) is 0 Å². The smallest absolute Gasteiger partial charge is 0.329 e. The van der Waals surface area contributed by atoms with E-state index in [1.54, 1.807) is 6.92 Å². The van der Waals surface area contributed by atoms with E-state index in [0.717, 1.165) is 18.2 Å². The molecule has 0 spiro atoms. The van der Waals surface area contributed by atoms with Crippen LogP contribution in [0.2, 0.25) is 0 Å². The number of urea groups is 1. The van der Waals surface area contributed by atoms with Crippen LogP contribution in [-0.2, 0) is 11.3 Å². The zero-order valence-corrected chi connectivity index (χ0v) is 11.2. The average Bonchev–Trinajstić information content (AvgIpc) is 2.39. The number of hydrogen-bond donors (Lipinski definition) is 3. The maximum atomic E-state index is 13.3. The molecule has 1 unspecified atom stereocenters. The summed E-state index contributed by atoms with van der Waals surface area (Å²) < 4.78 is 26.3. The van der Waals surface area contributed by atoms with Crippen molar-refractivity contribution in [3.63, 3.8) is 0 Å². The lowest BCUT2D eigenvalue weighted by Gasteiger charge is -2.24. The summed E-state index contributed by atoms with van der Waals surface area (Å²) in [5.74, 6) is -2.44. The topological polar surface area (TPSA) is 78.4 Å². The van der Waals surface area contributed by atoms with Crippen LogP contribution in [0, 0.1) is 11.6 Å². The predicted molar refractivity (Wildman–Crippen MR) is 68.1 cm³/mol. The Morgan fingerprint density at radius 2 is 2.00 bits per heavy atom. The average molecular weight is 286 g/mol. The van der Waals surface area contributed by atoms with Crippen molar-refractivity contribution >= 4 is 12.0 Å². The van der Waals surface area contributed by atoms with Crippen LogP contribution in [0.5, 0.6) is 0 Å². The Kier molecular flexibility index (Phi) is 5.01. The van der Waals surface area contributed by atoms with Gasteiger partial charge in [0, 0.05) is 12.1 Å².